The van der Waals surface area contributed by atoms with Crippen molar-refractivity contribution < 1.29 is 19.1 Å². The van der Waals surface area contributed by atoms with Crippen molar-refractivity contribution in [3.63, 3.8) is 0 Å². The molecular weight excluding hydrogens is 451 g/mol. The summed E-state index contributed by atoms with van der Waals surface area (Å²) in [5.74, 6) is -0.341. The van der Waals surface area contributed by atoms with Crippen LogP contribution < -0.4 is 14.8 Å². The van der Waals surface area contributed by atoms with Gasteiger partial charge in [0.25, 0.3) is 5.91 Å². The minimum atomic E-state index is -0.634. The summed E-state index contributed by atoms with van der Waals surface area (Å²) in [5, 5.41) is 12.6. The van der Waals surface area contributed by atoms with Crippen molar-refractivity contribution in [3.05, 3.63) is 93.5 Å². The van der Waals surface area contributed by atoms with Gasteiger partial charge in [-0.1, -0.05) is 41.4 Å². The third-order valence-electron chi connectivity index (χ3n) is 4.25. The summed E-state index contributed by atoms with van der Waals surface area (Å²) in [4.78, 5) is 24.7. The Kier molecular flexibility index (Phi) is 7.50. The molecule has 1 N–H and O–H groups in total. The SMILES string of the molecule is COc1cccc(NC(=O)/C(C#N)=C/c2ccc(OC(=O)c3ccc(Cl)cc3Cl)cc2)c1. The van der Waals surface area contributed by atoms with Crippen molar-refractivity contribution in [1.29, 1.82) is 5.26 Å². The van der Waals surface area contributed by atoms with Crippen LogP contribution in [-0.2, 0) is 4.79 Å². The fourth-order valence-electron chi connectivity index (χ4n) is 2.66. The number of nitrogens with one attached hydrogen (secondary N) is 1. The standard InChI is InChI=1S/C24H16Cl2N2O4/c1-31-20-4-2-3-18(13-20)28-23(29)16(14-27)11-15-5-8-19(9-6-15)32-24(30)21-10-7-17(25)12-22(21)26/h2-13H,1H3,(H,28,29)/b16-11+. The molecule has 8 heteroatoms. The van der Waals surface area contributed by atoms with Crippen LogP contribution >= 0.6 is 23.2 Å². The molecule has 0 spiro atoms. The predicted molar refractivity (Wildman–Crippen MR) is 123 cm³/mol. The second-order valence-electron chi connectivity index (χ2n) is 6.44. The number of benzene rings is 3. The molecule has 1 amide bonds. The van der Waals surface area contributed by atoms with Gasteiger partial charge >= 0.3 is 5.97 Å². The number of ether oxygens (including phenoxy) is 2. The smallest absolute Gasteiger partial charge is 0.345 e. The average Bonchev–Trinajstić information content (AvgIpc) is 2.78. The maximum absolute atomic E-state index is 12.4. The summed E-state index contributed by atoms with van der Waals surface area (Å²) in [6, 6.07) is 19.5. The molecule has 0 radical (unpaired) electrons. The molecule has 6 nitrogen and oxygen atoms in total. The van der Waals surface area contributed by atoms with Crippen LogP contribution in [0.15, 0.2) is 72.3 Å². The first-order chi connectivity index (χ1) is 15.4. The zero-order valence-electron chi connectivity index (χ0n) is 16.8. The van der Waals surface area contributed by atoms with E-state index in [0.717, 1.165) is 0 Å². The maximum atomic E-state index is 12.4. The van der Waals surface area contributed by atoms with Crippen LogP contribution in [0.4, 0.5) is 5.69 Å². The van der Waals surface area contributed by atoms with Crippen molar-refractivity contribution in [2.24, 2.45) is 0 Å². The molecule has 160 valence electrons. The fraction of sp³-hybridized carbons (Fsp3) is 0.0417. The molecule has 0 saturated heterocycles. The zero-order chi connectivity index (χ0) is 23.1. The number of amides is 1. The molecule has 0 unspecified atom stereocenters. The van der Waals surface area contributed by atoms with E-state index in [9.17, 15) is 14.9 Å². The van der Waals surface area contributed by atoms with Crippen molar-refractivity contribution in [1.82, 2.24) is 0 Å². The predicted octanol–water partition coefficient (Wildman–Crippen LogP) is 5.77. The molecule has 0 aromatic heterocycles. The Morgan fingerprint density at radius 1 is 1.00 bits per heavy atom. The lowest BCUT2D eigenvalue weighted by molar-refractivity contribution is -0.112. The molecule has 0 bridgehead atoms. The highest BCUT2D eigenvalue weighted by Gasteiger charge is 2.14. The van der Waals surface area contributed by atoms with Crippen molar-refractivity contribution >= 4 is 46.8 Å². The van der Waals surface area contributed by atoms with Gasteiger partial charge in [-0.2, -0.15) is 5.26 Å². The number of nitrogens with zero attached hydrogens (tertiary/aromatic N) is 1. The molecule has 3 aromatic carbocycles. The van der Waals surface area contributed by atoms with Crippen LogP contribution in [0.1, 0.15) is 15.9 Å². The molecule has 0 aliphatic heterocycles. The van der Waals surface area contributed by atoms with E-state index in [0.29, 0.717) is 22.0 Å². The molecule has 0 aliphatic rings. The molecule has 3 aromatic rings. The van der Waals surface area contributed by atoms with Crippen LogP contribution in [0.2, 0.25) is 10.0 Å². The third-order valence-corrected chi connectivity index (χ3v) is 4.79. The van der Waals surface area contributed by atoms with Gasteiger partial charge in [0, 0.05) is 16.8 Å². The summed E-state index contributed by atoms with van der Waals surface area (Å²) in [5.41, 5.74) is 1.16. The van der Waals surface area contributed by atoms with Gasteiger partial charge in [-0.3, -0.25) is 4.79 Å². The highest BCUT2D eigenvalue weighted by Crippen LogP contribution is 2.23. The minimum absolute atomic E-state index is 0.0921. The van der Waals surface area contributed by atoms with E-state index in [1.807, 2.05) is 6.07 Å². The molecule has 32 heavy (non-hydrogen) atoms. The van der Waals surface area contributed by atoms with E-state index < -0.39 is 11.9 Å². The van der Waals surface area contributed by atoms with Crippen molar-refractivity contribution in [2.75, 3.05) is 12.4 Å². The monoisotopic (exact) mass is 466 g/mol. The number of hydrogen-bond acceptors (Lipinski definition) is 5. The Morgan fingerprint density at radius 3 is 2.41 bits per heavy atom. The second kappa shape index (κ2) is 10.5. The normalized spacial score (nSPS) is 10.8. The van der Waals surface area contributed by atoms with Crippen LogP contribution in [0.3, 0.4) is 0 Å². The maximum Gasteiger partial charge on any atom is 0.345 e. The highest BCUT2D eigenvalue weighted by atomic mass is 35.5. The number of carbonyl (C=O) groups excluding carboxylic acids is 2. The van der Waals surface area contributed by atoms with E-state index in [2.05, 4.69) is 5.32 Å². The molecule has 3 rings (SSSR count). The largest absolute Gasteiger partial charge is 0.497 e. The molecule has 0 atom stereocenters. The Labute approximate surface area is 194 Å². The van der Waals surface area contributed by atoms with E-state index >= 15 is 0 Å². The number of esters is 1. The fourth-order valence-corrected chi connectivity index (χ4v) is 3.15. The van der Waals surface area contributed by atoms with Crippen molar-refractivity contribution in [3.8, 4) is 17.6 Å². The van der Waals surface area contributed by atoms with E-state index in [-0.39, 0.29) is 21.9 Å². The van der Waals surface area contributed by atoms with Crippen LogP contribution in [0.25, 0.3) is 6.08 Å². The number of carbonyl (C=O) groups is 2. The van der Waals surface area contributed by atoms with E-state index in [1.165, 1.54) is 31.4 Å². The summed E-state index contributed by atoms with van der Waals surface area (Å²) >= 11 is 11.9. The number of rotatable bonds is 6. The minimum Gasteiger partial charge on any atom is -0.497 e. The highest BCUT2D eigenvalue weighted by molar-refractivity contribution is 6.36. The van der Waals surface area contributed by atoms with Gasteiger partial charge in [-0.25, -0.2) is 4.79 Å². The van der Waals surface area contributed by atoms with Gasteiger partial charge in [-0.15, -0.1) is 0 Å². The number of anilines is 1. The van der Waals surface area contributed by atoms with Gasteiger partial charge in [0.05, 0.1) is 17.7 Å². The first-order valence-corrected chi connectivity index (χ1v) is 9.99. The quantitative estimate of drug-likeness (QED) is 0.215. The molecular formula is C24H16Cl2N2O4. The summed E-state index contributed by atoms with van der Waals surface area (Å²) in [6.07, 6.45) is 1.43. The average molecular weight is 467 g/mol. The molecule has 0 aliphatic carbocycles. The van der Waals surface area contributed by atoms with E-state index in [4.69, 9.17) is 32.7 Å². The van der Waals surface area contributed by atoms with Gasteiger partial charge in [-0.05, 0) is 54.1 Å². The number of methoxy groups -OCH3 is 1. The zero-order valence-corrected chi connectivity index (χ0v) is 18.3. The molecule has 0 saturated carbocycles. The van der Waals surface area contributed by atoms with Crippen LogP contribution in [0, 0.1) is 11.3 Å². The molecule has 0 heterocycles. The van der Waals surface area contributed by atoms with E-state index in [1.54, 1.807) is 48.5 Å². The Bertz CT molecular complexity index is 1230. The third kappa shape index (κ3) is 5.88. The lowest BCUT2D eigenvalue weighted by Gasteiger charge is -2.07. The van der Waals surface area contributed by atoms with Crippen molar-refractivity contribution in [2.45, 2.75) is 0 Å². The van der Waals surface area contributed by atoms with Crippen LogP contribution in [-0.4, -0.2) is 19.0 Å². The van der Waals surface area contributed by atoms with Gasteiger partial charge in [0.2, 0.25) is 0 Å². The lowest BCUT2D eigenvalue weighted by Crippen LogP contribution is -2.13. The van der Waals surface area contributed by atoms with Crippen LogP contribution in [0.5, 0.6) is 11.5 Å². The Hall–Kier alpha value is -3.79. The van der Waals surface area contributed by atoms with Gasteiger partial charge < -0.3 is 14.8 Å². The first kappa shape index (κ1) is 22.9. The van der Waals surface area contributed by atoms with Gasteiger partial charge in [0.1, 0.15) is 23.1 Å². The number of hydrogen-bond donors (Lipinski definition) is 1. The molecule has 0 fully saturated rings. The summed E-state index contributed by atoms with van der Waals surface area (Å²) in [7, 11) is 1.52. The van der Waals surface area contributed by atoms with Gasteiger partial charge in [0.15, 0.2) is 0 Å². The Morgan fingerprint density at radius 2 is 1.75 bits per heavy atom. The Balaban J connectivity index is 1.70. The first-order valence-electron chi connectivity index (χ1n) is 9.24. The topological polar surface area (TPSA) is 88.4 Å². The number of nitriles is 1. The summed E-state index contributed by atoms with van der Waals surface area (Å²) < 4.78 is 10.4. The second-order valence-corrected chi connectivity index (χ2v) is 7.28. The number of halogens is 2. The lowest BCUT2D eigenvalue weighted by atomic mass is 10.1. The summed E-state index contributed by atoms with van der Waals surface area (Å²) in [6.45, 7) is 0.